The zero-order chi connectivity index (χ0) is 16.5. The Hall–Kier alpha value is -2.11. The van der Waals surface area contributed by atoms with E-state index in [-0.39, 0.29) is 0 Å². The molecule has 0 unspecified atom stereocenters. The minimum Gasteiger partial charge on any atom is -0.308 e. The number of fused-ring (bicyclic) bond motifs is 3. The van der Waals surface area contributed by atoms with Crippen LogP contribution in [-0.2, 0) is 6.54 Å². The van der Waals surface area contributed by atoms with Crippen molar-refractivity contribution in [2.45, 2.75) is 20.4 Å². The predicted octanol–water partition coefficient (Wildman–Crippen LogP) is 4.36. The molecule has 4 rings (SSSR count). The van der Waals surface area contributed by atoms with E-state index in [2.05, 4.69) is 75.7 Å². The fourth-order valence-electron chi connectivity index (χ4n) is 3.29. The van der Waals surface area contributed by atoms with E-state index in [4.69, 9.17) is 4.98 Å². The molecule has 0 radical (unpaired) electrons. The lowest BCUT2D eigenvalue weighted by atomic mass is 10.3. The number of hydrogen-bond acceptors (Lipinski definition) is 3. The van der Waals surface area contributed by atoms with Gasteiger partial charge in [-0.3, -0.25) is 4.40 Å². The maximum atomic E-state index is 4.94. The van der Waals surface area contributed by atoms with Crippen LogP contribution < -0.4 is 0 Å². The Labute approximate surface area is 146 Å². The van der Waals surface area contributed by atoms with Crippen molar-refractivity contribution in [2.24, 2.45) is 0 Å². The van der Waals surface area contributed by atoms with Gasteiger partial charge in [-0.15, -0.1) is 11.3 Å². The van der Waals surface area contributed by atoms with Gasteiger partial charge in [0.25, 0.3) is 0 Å². The van der Waals surface area contributed by atoms with E-state index >= 15 is 0 Å². The number of hydrogen-bond donors (Lipinski definition) is 0. The molecule has 0 bridgehead atoms. The Morgan fingerprint density at radius 3 is 2.54 bits per heavy atom. The number of imidazole rings is 2. The van der Waals surface area contributed by atoms with Gasteiger partial charge in [-0.25, -0.2) is 4.98 Å². The van der Waals surface area contributed by atoms with Gasteiger partial charge in [0.1, 0.15) is 5.69 Å². The van der Waals surface area contributed by atoms with Crippen molar-refractivity contribution in [3.05, 3.63) is 48.0 Å². The Kier molecular flexibility index (Phi) is 4.12. The highest BCUT2D eigenvalue weighted by Crippen LogP contribution is 2.28. The smallest absolute Gasteiger partial charge is 0.215 e. The molecule has 0 spiro atoms. The van der Waals surface area contributed by atoms with Gasteiger partial charge < -0.3 is 9.47 Å². The molecule has 0 aliphatic heterocycles. The highest BCUT2D eigenvalue weighted by molar-refractivity contribution is 7.13. The zero-order valence-corrected chi connectivity index (χ0v) is 15.0. The summed E-state index contributed by atoms with van der Waals surface area (Å²) in [6.45, 7) is 8.61. The van der Waals surface area contributed by atoms with Crippen LogP contribution in [0.2, 0.25) is 0 Å². The van der Waals surface area contributed by atoms with Gasteiger partial charge in [0.05, 0.1) is 15.9 Å². The van der Waals surface area contributed by atoms with Gasteiger partial charge in [-0.1, -0.05) is 32.0 Å². The second-order valence-electron chi connectivity index (χ2n) is 5.94. The third-order valence-electron chi connectivity index (χ3n) is 4.67. The van der Waals surface area contributed by atoms with E-state index in [0.29, 0.717) is 0 Å². The van der Waals surface area contributed by atoms with Crippen molar-refractivity contribution < 1.29 is 0 Å². The van der Waals surface area contributed by atoms with Gasteiger partial charge in [-0.2, -0.15) is 0 Å². The zero-order valence-electron chi connectivity index (χ0n) is 14.1. The minimum atomic E-state index is 0.958. The van der Waals surface area contributed by atoms with Crippen molar-refractivity contribution in [2.75, 3.05) is 19.6 Å². The Bertz CT molecular complexity index is 945. The summed E-state index contributed by atoms with van der Waals surface area (Å²) in [5.74, 6) is 1.03. The molecule has 0 fully saturated rings. The van der Waals surface area contributed by atoms with Crippen LogP contribution in [0.25, 0.3) is 27.4 Å². The Balaban J connectivity index is 1.82. The molecule has 5 heteroatoms. The predicted molar refractivity (Wildman–Crippen MR) is 102 cm³/mol. The molecule has 0 N–H and O–H groups in total. The quantitative estimate of drug-likeness (QED) is 0.522. The summed E-state index contributed by atoms with van der Waals surface area (Å²) in [5.41, 5.74) is 3.54. The number of thiophene rings is 1. The summed E-state index contributed by atoms with van der Waals surface area (Å²) in [7, 11) is 0. The molecular formula is C19H22N4S. The normalized spacial score (nSPS) is 12.0. The Morgan fingerprint density at radius 2 is 1.83 bits per heavy atom. The van der Waals surface area contributed by atoms with E-state index < -0.39 is 0 Å². The van der Waals surface area contributed by atoms with Gasteiger partial charge in [0.15, 0.2) is 0 Å². The van der Waals surface area contributed by atoms with Crippen LogP contribution in [0.5, 0.6) is 0 Å². The van der Waals surface area contributed by atoms with Crippen molar-refractivity contribution in [3.8, 4) is 10.6 Å². The summed E-state index contributed by atoms with van der Waals surface area (Å²) in [6, 6.07) is 12.8. The average molecular weight is 338 g/mol. The monoisotopic (exact) mass is 338 g/mol. The van der Waals surface area contributed by atoms with Gasteiger partial charge in [-0.05, 0) is 36.7 Å². The molecule has 0 amide bonds. The fraction of sp³-hybridized carbons (Fsp3) is 0.316. The van der Waals surface area contributed by atoms with Crippen LogP contribution >= 0.6 is 11.3 Å². The first-order chi connectivity index (χ1) is 11.8. The topological polar surface area (TPSA) is 25.5 Å². The van der Waals surface area contributed by atoms with Crippen molar-refractivity contribution in [3.63, 3.8) is 0 Å². The SMILES string of the molecule is CCN(CC)CCn1c2ccccc2n2cc(-c3cccs3)nc12. The third-order valence-corrected chi connectivity index (χ3v) is 5.56. The highest BCUT2D eigenvalue weighted by atomic mass is 32.1. The summed E-state index contributed by atoms with van der Waals surface area (Å²) >= 11 is 1.74. The van der Waals surface area contributed by atoms with Crippen molar-refractivity contribution in [1.29, 1.82) is 0 Å². The van der Waals surface area contributed by atoms with Crippen LogP contribution in [0.15, 0.2) is 48.0 Å². The first kappa shape index (κ1) is 15.4. The molecule has 24 heavy (non-hydrogen) atoms. The summed E-state index contributed by atoms with van der Waals surface area (Å²) in [5, 5.41) is 2.10. The summed E-state index contributed by atoms with van der Waals surface area (Å²) < 4.78 is 4.58. The van der Waals surface area contributed by atoms with Crippen LogP contribution in [0.3, 0.4) is 0 Å². The largest absolute Gasteiger partial charge is 0.308 e. The molecule has 4 aromatic rings. The lowest BCUT2D eigenvalue weighted by Gasteiger charge is -2.18. The summed E-state index contributed by atoms with van der Waals surface area (Å²) in [6.07, 6.45) is 2.16. The number of para-hydroxylation sites is 2. The molecule has 3 aromatic heterocycles. The maximum absolute atomic E-state index is 4.94. The van der Waals surface area contributed by atoms with E-state index in [1.165, 1.54) is 15.9 Å². The molecular weight excluding hydrogens is 316 g/mol. The average Bonchev–Trinajstić information content (AvgIpc) is 3.32. The van der Waals surface area contributed by atoms with Crippen molar-refractivity contribution in [1.82, 2.24) is 18.9 Å². The van der Waals surface area contributed by atoms with Crippen LogP contribution in [0.4, 0.5) is 0 Å². The fourth-order valence-corrected chi connectivity index (χ4v) is 3.97. The van der Waals surface area contributed by atoms with Crippen LogP contribution in [-0.4, -0.2) is 38.5 Å². The molecule has 3 heterocycles. The standard InChI is InChI=1S/C19H22N4S/c1-3-21(4-2)11-12-22-16-8-5-6-9-17(16)23-14-15(20-19(22)23)18-10-7-13-24-18/h5-10,13-14H,3-4,11-12H2,1-2H3. The van der Waals surface area contributed by atoms with Crippen molar-refractivity contribution >= 4 is 28.1 Å². The molecule has 1 aromatic carbocycles. The number of aromatic nitrogens is 3. The molecule has 0 aliphatic rings. The molecule has 0 saturated carbocycles. The van der Waals surface area contributed by atoms with Gasteiger partial charge in [0, 0.05) is 19.3 Å². The van der Waals surface area contributed by atoms with E-state index in [1.807, 2.05) is 0 Å². The molecule has 0 aliphatic carbocycles. The second kappa shape index (κ2) is 6.42. The van der Waals surface area contributed by atoms with E-state index in [9.17, 15) is 0 Å². The minimum absolute atomic E-state index is 0.958. The number of rotatable bonds is 6. The number of likely N-dealkylation sites (N-methyl/N-ethyl adjacent to an activating group) is 1. The third kappa shape index (κ3) is 2.54. The van der Waals surface area contributed by atoms with Gasteiger partial charge in [0.2, 0.25) is 5.78 Å². The van der Waals surface area contributed by atoms with Crippen LogP contribution in [0.1, 0.15) is 13.8 Å². The molecule has 124 valence electrons. The maximum Gasteiger partial charge on any atom is 0.215 e. The second-order valence-corrected chi connectivity index (χ2v) is 6.89. The van der Waals surface area contributed by atoms with E-state index in [0.717, 1.165) is 37.7 Å². The van der Waals surface area contributed by atoms with E-state index in [1.54, 1.807) is 11.3 Å². The first-order valence-electron chi connectivity index (χ1n) is 8.54. The molecule has 4 nitrogen and oxygen atoms in total. The number of nitrogens with zero attached hydrogens (tertiary/aromatic N) is 4. The lowest BCUT2D eigenvalue weighted by Crippen LogP contribution is -2.27. The van der Waals surface area contributed by atoms with Gasteiger partial charge >= 0.3 is 0 Å². The lowest BCUT2D eigenvalue weighted by molar-refractivity contribution is 0.293. The first-order valence-corrected chi connectivity index (χ1v) is 9.42. The Morgan fingerprint density at radius 1 is 1.04 bits per heavy atom. The molecule has 0 saturated heterocycles. The van der Waals surface area contributed by atoms with Crippen LogP contribution in [0, 0.1) is 0 Å². The molecule has 0 atom stereocenters. The summed E-state index contributed by atoms with van der Waals surface area (Å²) in [4.78, 5) is 8.61. The number of benzene rings is 1. The highest BCUT2D eigenvalue weighted by Gasteiger charge is 2.15.